The predicted molar refractivity (Wildman–Crippen MR) is 65.4 cm³/mol. The zero-order valence-electron chi connectivity index (χ0n) is 10.4. The second-order valence-electron chi connectivity index (χ2n) is 2.86. The van der Waals surface area contributed by atoms with Crippen molar-refractivity contribution >= 4 is 5.82 Å². The van der Waals surface area contributed by atoms with E-state index in [-0.39, 0.29) is 0 Å². The molecule has 0 atom stereocenters. The molecule has 16 heavy (non-hydrogen) atoms. The Hall–Kier alpha value is -1.60. The molecule has 0 spiro atoms. The van der Waals surface area contributed by atoms with Gasteiger partial charge in [-0.3, -0.25) is 0 Å². The topological polar surface area (TPSA) is 57.9 Å². The molecule has 0 aliphatic carbocycles. The summed E-state index contributed by atoms with van der Waals surface area (Å²) < 4.78 is 4.90. The van der Waals surface area contributed by atoms with Crippen molar-refractivity contribution in [1.82, 2.24) is 4.98 Å². The molecule has 0 radical (unpaired) electrons. The SMILES string of the molecule is CC.COCCNc1ccc(C#N)c(C)n1. The van der Waals surface area contributed by atoms with Crippen LogP contribution in [0.25, 0.3) is 0 Å². The molecule has 1 aromatic rings. The first kappa shape index (κ1) is 14.4. The second-order valence-corrected chi connectivity index (χ2v) is 2.86. The minimum Gasteiger partial charge on any atom is -0.383 e. The molecule has 0 aromatic carbocycles. The van der Waals surface area contributed by atoms with Crippen LogP contribution < -0.4 is 5.32 Å². The first-order valence-corrected chi connectivity index (χ1v) is 5.38. The number of aromatic nitrogens is 1. The fourth-order valence-corrected chi connectivity index (χ4v) is 1.06. The van der Waals surface area contributed by atoms with Gasteiger partial charge in [-0.25, -0.2) is 4.98 Å². The van der Waals surface area contributed by atoms with Crippen molar-refractivity contribution in [2.75, 3.05) is 25.6 Å². The zero-order valence-corrected chi connectivity index (χ0v) is 10.4. The monoisotopic (exact) mass is 221 g/mol. The number of nitrogens with zero attached hydrogens (tertiary/aromatic N) is 2. The van der Waals surface area contributed by atoms with Crippen LogP contribution in [0, 0.1) is 18.3 Å². The number of hydrogen-bond acceptors (Lipinski definition) is 4. The Bertz CT molecular complexity index is 345. The lowest BCUT2D eigenvalue weighted by Crippen LogP contribution is -2.09. The number of pyridine rings is 1. The number of methoxy groups -OCH3 is 1. The van der Waals surface area contributed by atoms with Gasteiger partial charge in [-0.05, 0) is 19.1 Å². The molecule has 4 heteroatoms. The fraction of sp³-hybridized carbons (Fsp3) is 0.500. The van der Waals surface area contributed by atoms with Gasteiger partial charge in [-0.2, -0.15) is 5.26 Å². The Morgan fingerprint density at radius 3 is 2.62 bits per heavy atom. The highest BCUT2D eigenvalue weighted by molar-refractivity contribution is 5.42. The summed E-state index contributed by atoms with van der Waals surface area (Å²) in [5.74, 6) is 0.776. The minimum atomic E-state index is 0.613. The summed E-state index contributed by atoms with van der Waals surface area (Å²) in [5, 5.41) is 11.8. The minimum absolute atomic E-state index is 0.613. The van der Waals surface area contributed by atoms with E-state index in [1.54, 1.807) is 19.2 Å². The van der Waals surface area contributed by atoms with Crippen LogP contribution in [0.15, 0.2) is 12.1 Å². The molecule has 0 saturated carbocycles. The smallest absolute Gasteiger partial charge is 0.126 e. The standard InChI is InChI=1S/C10H13N3O.C2H6/c1-8-9(7-11)3-4-10(13-8)12-5-6-14-2;1-2/h3-4H,5-6H2,1-2H3,(H,12,13);1-2H3. The van der Waals surface area contributed by atoms with Crippen LogP contribution >= 0.6 is 0 Å². The van der Waals surface area contributed by atoms with E-state index < -0.39 is 0 Å². The van der Waals surface area contributed by atoms with E-state index in [0.29, 0.717) is 12.2 Å². The molecule has 0 unspecified atom stereocenters. The average Bonchev–Trinajstić information content (AvgIpc) is 2.32. The van der Waals surface area contributed by atoms with Crippen molar-refractivity contribution in [2.24, 2.45) is 0 Å². The van der Waals surface area contributed by atoms with Crippen LogP contribution in [0.3, 0.4) is 0 Å². The van der Waals surface area contributed by atoms with E-state index >= 15 is 0 Å². The number of ether oxygens (including phenoxy) is 1. The van der Waals surface area contributed by atoms with Crippen molar-refractivity contribution in [3.05, 3.63) is 23.4 Å². The molecule has 0 saturated heterocycles. The number of aryl methyl sites for hydroxylation is 1. The van der Waals surface area contributed by atoms with Crippen LogP contribution in [0.1, 0.15) is 25.1 Å². The predicted octanol–water partition coefficient (Wildman–Crippen LogP) is 2.35. The highest BCUT2D eigenvalue weighted by Crippen LogP contribution is 2.08. The van der Waals surface area contributed by atoms with Crippen LogP contribution in [0.2, 0.25) is 0 Å². The van der Waals surface area contributed by atoms with Crippen LogP contribution in [0.5, 0.6) is 0 Å². The maximum Gasteiger partial charge on any atom is 0.126 e. The van der Waals surface area contributed by atoms with Crippen molar-refractivity contribution in [1.29, 1.82) is 5.26 Å². The summed E-state index contributed by atoms with van der Waals surface area (Å²) in [4.78, 5) is 4.23. The van der Waals surface area contributed by atoms with Gasteiger partial charge in [0, 0.05) is 13.7 Å². The van der Waals surface area contributed by atoms with Gasteiger partial charge in [0.15, 0.2) is 0 Å². The lowest BCUT2D eigenvalue weighted by Gasteiger charge is -2.05. The highest BCUT2D eigenvalue weighted by atomic mass is 16.5. The van der Waals surface area contributed by atoms with Gasteiger partial charge in [-0.1, -0.05) is 13.8 Å². The number of rotatable bonds is 4. The summed E-state index contributed by atoms with van der Waals surface area (Å²) >= 11 is 0. The van der Waals surface area contributed by atoms with Crippen molar-refractivity contribution < 1.29 is 4.74 Å². The number of hydrogen-bond donors (Lipinski definition) is 1. The Balaban J connectivity index is 0.00000106. The number of anilines is 1. The van der Waals surface area contributed by atoms with E-state index in [1.807, 2.05) is 20.8 Å². The molecular weight excluding hydrogens is 202 g/mol. The third-order valence-electron chi connectivity index (χ3n) is 1.82. The van der Waals surface area contributed by atoms with Crippen LogP contribution in [0.4, 0.5) is 5.82 Å². The fourth-order valence-electron chi connectivity index (χ4n) is 1.06. The summed E-state index contributed by atoms with van der Waals surface area (Å²) in [5.41, 5.74) is 1.36. The Morgan fingerprint density at radius 1 is 1.44 bits per heavy atom. The van der Waals surface area contributed by atoms with Gasteiger partial charge in [0.05, 0.1) is 17.9 Å². The molecule has 1 rings (SSSR count). The normalized spacial score (nSPS) is 8.69. The molecule has 1 heterocycles. The third kappa shape index (κ3) is 4.76. The van der Waals surface area contributed by atoms with E-state index in [4.69, 9.17) is 10.00 Å². The van der Waals surface area contributed by atoms with E-state index in [0.717, 1.165) is 18.1 Å². The van der Waals surface area contributed by atoms with Gasteiger partial charge in [-0.15, -0.1) is 0 Å². The molecule has 0 fully saturated rings. The molecule has 1 N–H and O–H groups in total. The van der Waals surface area contributed by atoms with E-state index in [9.17, 15) is 0 Å². The van der Waals surface area contributed by atoms with Gasteiger partial charge in [0.1, 0.15) is 11.9 Å². The molecule has 88 valence electrons. The molecule has 4 nitrogen and oxygen atoms in total. The van der Waals surface area contributed by atoms with Gasteiger partial charge in [0.2, 0.25) is 0 Å². The highest BCUT2D eigenvalue weighted by Gasteiger charge is 1.99. The Kier molecular flexibility index (Phi) is 7.82. The van der Waals surface area contributed by atoms with Crippen LogP contribution in [-0.2, 0) is 4.74 Å². The summed E-state index contributed by atoms with van der Waals surface area (Å²) in [6.45, 7) is 7.18. The third-order valence-corrected chi connectivity index (χ3v) is 1.82. The molecular formula is C12H19N3O. The average molecular weight is 221 g/mol. The lowest BCUT2D eigenvalue weighted by atomic mass is 10.2. The van der Waals surface area contributed by atoms with Crippen molar-refractivity contribution in [2.45, 2.75) is 20.8 Å². The van der Waals surface area contributed by atoms with Gasteiger partial charge >= 0.3 is 0 Å². The van der Waals surface area contributed by atoms with Crippen molar-refractivity contribution in [3.63, 3.8) is 0 Å². The number of nitrogens with one attached hydrogen (secondary N) is 1. The molecule has 0 aliphatic heterocycles. The molecule has 0 bridgehead atoms. The Labute approximate surface area is 97.3 Å². The molecule has 0 amide bonds. The quantitative estimate of drug-likeness (QED) is 0.793. The maximum atomic E-state index is 8.69. The first-order valence-electron chi connectivity index (χ1n) is 5.38. The largest absolute Gasteiger partial charge is 0.383 e. The van der Waals surface area contributed by atoms with Gasteiger partial charge in [0.25, 0.3) is 0 Å². The van der Waals surface area contributed by atoms with Crippen LogP contribution in [-0.4, -0.2) is 25.2 Å². The molecule has 1 aromatic heterocycles. The van der Waals surface area contributed by atoms with E-state index in [1.165, 1.54) is 0 Å². The Morgan fingerprint density at radius 2 is 2.12 bits per heavy atom. The second kappa shape index (κ2) is 8.69. The lowest BCUT2D eigenvalue weighted by molar-refractivity contribution is 0.210. The van der Waals surface area contributed by atoms with Crippen molar-refractivity contribution in [3.8, 4) is 6.07 Å². The molecule has 0 aliphatic rings. The first-order chi connectivity index (χ1) is 7.77. The van der Waals surface area contributed by atoms with E-state index in [2.05, 4.69) is 16.4 Å². The van der Waals surface area contributed by atoms with Gasteiger partial charge < -0.3 is 10.1 Å². The number of nitriles is 1. The summed E-state index contributed by atoms with van der Waals surface area (Å²) in [6, 6.07) is 5.63. The summed E-state index contributed by atoms with van der Waals surface area (Å²) in [6.07, 6.45) is 0. The maximum absolute atomic E-state index is 8.69. The summed E-state index contributed by atoms with van der Waals surface area (Å²) in [7, 11) is 1.65. The zero-order chi connectivity index (χ0) is 12.4.